The van der Waals surface area contributed by atoms with Gasteiger partial charge in [0.1, 0.15) is 0 Å². The normalized spacial score (nSPS) is 19.2. The van der Waals surface area contributed by atoms with Crippen LogP contribution in [0.5, 0.6) is 0 Å². The molecule has 0 amide bonds. The minimum atomic E-state index is 0.299. The van der Waals surface area contributed by atoms with E-state index in [2.05, 4.69) is 37.3 Å². The summed E-state index contributed by atoms with van der Waals surface area (Å²) in [7, 11) is 0. The molecule has 2 rings (SSSR count). The van der Waals surface area contributed by atoms with Crippen molar-refractivity contribution in [1.29, 1.82) is 0 Å². The molecule has 100 valence electrons. The van der Waals surface area contributed by atoms with Gasteiger partial charge in [-0.15, -0.1) is 0 Å². The standard InChI is InChI=1S/C17H27N/c1-2-3-4-8-12-16(18)17(13-9-14-17)15-10-6-5-7-11-15/h5-7,10-11,16H,2-4,8-9,12-14,18H2,1H3. The van der Waals surface area contributed by atoms with Crippen molar-refractivity contribution in [3.05, 3.63) is 35.9 Å². The maximum Gasteiger partial charge on any atom is 0.0136 e. The lowest BCUT2D eigenvalue weighted by atomic mass is 9.59. The fourth-order valence-electron chi connectivity index (χ4n) is 3.27. The summed E-state index contributed by atoms with van der Waals surface area (Å²) in [5, 5.41) is 0. The molecule has 0 spiro atoms. The summed E-state index contributed by atoms with van der Waals surface area (Å²) in [4.78, 5) is 0. The molecule has 0 bridgehead atoms. The highest BCUT2D eigenvalue weighted by Gasteiger charge is 2.43. The van der Waals surface area contributed by atoms with E-state index in [1.165, 1.54) is 56.9 Å². The first-order valence-electron chi connectivity index (χ1n) is 7.61. The Bertz CT molecular complexity index is 340. The summed E-state index contributed by atoms with van der Waals surface area (Å²) in [5.74, 6) is 0. The molecule has 1 atom stereocenters. The summed E-state index contributed by atoms with van der Waals surface area (Å²) in [6, 6.07) is 11.3. The molecule has 18 heavy (non-hydrogen) atoms. The lowest BCUT2D eigenvalue weighted by Gasteiger charge is -2.47. The van der Waals surface area contributed by atoms with Crippen molar-refractivity contribution < 1.29 is 0 Å². The fourth-order valence-corrected chi connectivity index (χ4v) is 3.27. The first kappa shape index (κ1) is 13.6. The van der Waals surface area contributed by atoms with E-state index in [-0.39, 0.29) is 0 Å². The predicted molar refractivity (Wildman–Crippen MR) is 78.7 cm³/mol. The first-order valence-corrected chi connectivity index (χ1v) is 7.61. The third-order valence-electron chi connectivity index (χ3n) is 4.67. The van der Waals surface area contributed by atoms with Gasteiger partial charge in [-0.3, -0.25) is 0 Å². The van der Waals surface area contributed by atoms with Gasteiger partial charge in [-0.2, -0.15) is 0 Å². The highest BCUT2D eigenvalue weighted by molar-refractivity contribution is 5.30. The van der Waals surface area contributed by atoms with Crippen LogP contribution in [0.1, 0.15) is 63.9 Å². The van der Waals surface area contributed by atoms with Gasteiger partial charge >= 0.3 is 0 Å². The first-order chi connectivity index (χ1) is 8.79. The van der Waals surface area contributed by atoms with Crippen LogP contribution in [0.4, 0.5) is 0 Å². The fraction of sp³-hybridized carbons (Fsp3) is 0.647. The molecule has 1 unspecified atom stereocenters. The zero-order valence-electron chi connectivity index (χ0n) is 11.7. The van der Waals surface area contributed by atoms with Crippen LogP contribution in [-0.2, 0) is 5.41 Å². The minimum Gasteiger partial charge on any atom is -0.327 e. The number of hydrogen-bond donors (Lipinski definition) is 1. The quantitative estimate of drug-likeness (QED) is 0.708. The summed E-state index contributed by atoms with van der Waals surface area (Å²) in [6.45, 7) is 2.26. The third kappa shape index (κ3) is 2.77. The van der Waals surface area contributed by atoms with Gasteiger partial charge in [0, 0.05) is 11.5 Å². The molecule has 1 aromatic carbocycles. The summed E-state index contributed by atoms with van der Waals surface area (Å²) < 4.78 is 0. The molecule has 1 saturated carbocycles. The highest BCUT2D eigenvalue weighted by Crippen LogP contribution is 2.46. The maximum atomic E-state index is 6.53. The molecule has 0 radical (unpaired) electrons. The lowest BCUT2D eigenvalue weighted by Crippen LogP contribution is -2.50. The van der Waals surface area contributed by atoms with Crippen molar-refractivity contribution in [2.75, 3.05) is 0 Å². The predicted octanol–water partition coefficient (Wildman–Crippen LogP) is 4.41. The second-order valence-electron chi connectivity index (χ2n) is 5.83. The van der Waals surface area contributed by atoms with Gasteiger partial charge in [0.25, 0.3) is 0 Å². The molecule has 2 N–H and O–H groups in total. The van der Waals surface area contributed by atoms with E-state index in [1.807, 2.05) is 0 Å². The zero-order valence-corrected chi connectivity index (χ0v) is 11.7. The molecule has 0 saturated heterocycles. The van der Waals surface area contributed by atoms with Crippen molar-refractivity contribution in [2.24, 2.45) is 5.73 Å². The van der Waals surface area contributed by atoms with Crippen LogP contribution >= 0.6 is 0 Å². The van der Waals surface area contributed by atoms with Gasteiger partial charge in [0.2, 0.25) is 0 Å². The van der Waals surface area contributed by atoms with Crippen molar-refractivity contribution in [3.63, 3.8) is 0 Å². The third-order valence-corrected chi connectivity index (χ3v) is 4.67. The van der Waals surface area contributed by atoms with Crippen LogP contribution in [0.3, 0.4) is 0 Å². The molecule has 0 aliphatic heterocycles. The molecule has 1 heteroatoms. The van der Waals surface area contributed by atoms with Crippen molar-refractivity contribution >= 4 is 0 Å². The molecule has 0 heterocycles. The van der Waals surface area contributed by atoms with Gasteiger partial charge in [0.05, 0.1) is 0 Å². The molecule has 1 nitrogen and oxygen atoms in total. The summed E-state index contributed by atoms with van der Waals surface area (Å²) in [5.41, 5.74) is 8.30. The second-order valence-corrected chi connectivity index (χ2v) is 5.83. The Morgan fingerprint density at radius 2 is 1.83 bits per heavy atom. The van der Waals surface area contributed by atoms with Gasteiger partial charge in [-0.25, -0.2) is 0 Å². The van der Waals surface area contributed by atoms with Crippen LogP contribution < -0.4 is 5.73 Å². The number of rotatable bonds is 7. The minimum absolute atomic E-state index is 0.299. The van der Waals surface area contributed by atoms with Gasteiger partial charge < -0.3 is 5.73 Å². The molecule has 1 aliphatic carbocycles. The van der Waals surface area contributed by atoms with Crippen LogP contribution in [0.2, 0.25) is 0 Å². The topological polar surface area (TPSA) is 26.0 Å². The lowest BCUT2D eigenvalue weighted by molar-refractivity contribution is 0.186. The Hall–Kier alpha value is -0.820. The Kier molecular flexibility index (Phi) is 4.82. The van der Waals surface area contributed by atoms with Gasteiger partial charge in [0.15, 0.2) is 0 Å². The Morgan fingerprint density at radius 3 is 2.39 bits per heavy atom. The van der Waals surface area contributed by atoms with E-state index >= 15 is 0 Å². The van der Waals surface area contributed by atoms with Crippen molar-refractivity contribution in [2.45, 2.75) is 69.7 Å². The van der Waals surface area contributed by atoms with E-state index in [0.717, 1.165) is 0 Å². The van der Waals surface area contributed by atoms with E-state index in [0.29, 0.717) is 11.5 Å². The van der Waals surface area contributed by atoms with E-state index in [4.69, 9.17) is 5.73 Å². The molecule has 1 aromatic rings. The molecular formula is C17H27N. The Labute approximate surface area is 112 Å². The molecular weight excluding hydrogens is 218 g/mol. The average molecular weight is 245 g/mol. The summed E-state index contributed by atoms with van der Waals surface area (Å²) in [6.07, 6.45) is 10.4. The van der Waals surface area contributed by atoms with Crippen molar-refractivity contribution in [3.8, 4) is 0 Å². The number of nitrogens with two attached hydrogens (primary N) is 1. The molecule has 0 aromatic heterocycles. The number of unbranched alkanes of at least 4 members (excludes halogenated alkanes) is 3. The van der Waals surface area contributed by atoms with Gasteiger partial charge in [-0.05, 0) is 24.8 Å². The largest absolute Gasteiger partial charge is 0.327 e. The van der Waals surface area contributed by atoms with Crippen LogP contribution in [0, 0.1) is 0 Å². The SMILES string of the molecule is CCCCCCC(N)C1(c2ccccc2)CCC1. The highest BCUT2D eigenvalue weighted by atomic mass is 14.7. The zero-order chi connectivity index (χ0) is 12.8. The Balaban J connectivity index is 1.95. The second kappa shape index (κ2) is 6.38. The summed E-state index contributed by atoms with van der Waals surface area (Å²) >= 11 is 0. The smallest absolute Gasteiger partial charge is 0.0136 e. The number of hydrogen-bond acceptors (Lipinski definition) is 1. The molecule has 1 fully saturated rings. The Morgan fingerprint density at radius 1 is 1.11 bits per heavy atom. The maximum absolute atomic E-state index is 6.53. The molecule has 1 aliphatic rings. The van der Waals surface area contributed by atoms with E-state index in [9.17, 15) is 0 Å². The number of benzene rings is 1. The van der Waals surface area contributed by atoms with Crippen LogP contribution in [0.15, 0.2) is 30.3 Å². The average Bonchev–Trinajstić information content (AvgIpc) is 2.35. The van der Waals surface area contributed by atoms with E-state index < -0.39 is 0 Å². The van der Waals surface area contributed by atoms with Crippen molar-refractivity contribution in [1.82, 2.24) is 0 Å². The van der Waals surface area contributed by atoms with Crippen LogP contribution in [0.25, 0.3) is 0 Å². The van der Waals surface area contributed by atoms with E-state index in [1.54, 1.807) is 0 Å². The van der Waals surface area contributed by atoms with Crippen LogP contribution in [-0.4, -0.2) is 6.04 Å². The monoisotopic (exact) mass is 245 g/mol. The van der Waals surface area contributed by atoms with Gasteiger partial charge in [-0.1, -0.05) is 69.4 Å².